The summed E-state index contributed by atoms with van der Waals surface area (Å²) in [4.78, 5) is 11.8. The topological polar surface area (TPSA) is 58.6 Å². The van der Waals surface area contributed by atoms with Gasteiger partial charge in [-0.05, 0) is 34.5 Å². The number of aliphatic hydroxyl groups is 1. The number of methoxy groups -OCH3 is 1. The fraction of sp³-hybridized carbons (Fsp3) is 0.417. The number of aliphatic hydroxyl groups excluding tert-OH is 1. The Labute approximate surface area is 113 Å². The third-order valence-corrected chi connectivity index (χ3v) is 3.03. The van der Waals surface area contributed by atoms with Crippen LogP contribution in [0, 0.1) is 5.82 Å². The van der Waals surface area contributed by atoms with E-state index in [0.29, 0.717) is 13.0 Å². The van der Waals surface area contributed by atoms with Gasteiger partial charge in [-0.25, -0.2) is 4.39 Å². The van der Waals surface area contributed by atoms with Gasteiger partial charge in [0, 0.05) is 13.7 Å². The molecule has 0 radical (unpaired) electrons. The van der Waals surface area contributed by atoms with E-state index in [2.05, 4.69) is 21.2 Å². The number of carbonyl (C=O) groups is 1. The van der Waals surface area contributed by atoms with Crippen molar-refractivity contribution in [1.82, 2.24) is 5.32 Å². The Morgan fingerprint density at radius 2 is 2.33 bits per heavy atom. The highest BCUT2D eigenvalue weighted by molar-refractivity contribution is 9.10. The van der Waals surface area contributed by atoms with Crippen molar-refractivity contribution < 1.29 is 19.0 Å². The molecule has 0 saturated heterocycles. The first kappa shape index (κ1) is 15.1. The molecular weight excluding hydrogens is 305 g/mol. The number of rotatable bonds is 6. The molecule has 0 heterocycles. The zero-order valence-corrected chi connectivity index (χ0v) is 11.5. The van der Waals surface area contributed by atoms with Crippen LogP contribution >= 0.6 is 15.9 Å². The van der Waals surface area contributed by atoms with E-state index in [0.717, 1.165) is 0 Å². The van der Waals surface area contributed by atoms with Gasteiger partial charge in [0.05, 0.1) is 22.7 Å². The lowest BCUT2D eigenvalue weighted by molar-refractivity contribution is 0.0890. The first-order chi connectivity index (χ1) is 8.60. The van der Waals surface area contributed by atoms with E-state index in [9.17, 15) is 9.18 Å². The molecule has 0 saturated carbocycles. The molecule has 0 aliphatic rings. The van der Waals surface area contributed by atoms with Crippen molar-refractivity contribution in [3.63, 3.8) is 0 Å². The number of halogens is 2. The second kappa shape index (κ2) is 7.45. The highest BCUT2D eigenvalue weighted by Gasteiger charge is 2.17. The maximum Gasteiger partial charge on any atom is 0.254 e. The monoisotopic (exact) mass is 319 g/mol. The fourth-order valence-corrected chi connectivity index (χ4v) is 1.78. The van der Waals surface area contributed by atoms with Crippen LogP contribution in [0.2, 0.25) is 0 Å². The molecule has 0 spiro atoms. The second-order valence-electron chi connectivity index (χ2n) is 3.74. The van der Waals surface area contributed by atoms with E-state index in [1.165, 1.54) is 19.2 Å². The smallest absolute Gasteiger partial charge is 0.254 e. The Kier molecular flexibility index (Phi) is 6.24. The lowest BCUT2D eigenvalue weighted by Gasteiger charge is -2.16. The normalized spacial score (nSPS) is 12.2. The zero-order chi connectivity index (χ0) is 13.5. The van der Waals surface area contributed by atoms with Crippen LogP contribution in [-0.4, -0.2) is 37.4 Å². The van der Waals surface area contributed by atoms with Crippen LogP contribution < -0.4 is 5.32 Å². The molecule has 0 aliphatic carbocycles. The number of hydrogen-bond donors (Lipinski definition) is 2. The molecule has 1 atom stereocenters. The van der Waals surface area contributed by atoms with E-state index >= 15 is 0 Å². The first-order valence-electron chi connectivity index (χ1n) is 5.44. The minimum atomic E-state index is -0.613. The second-order valence-corrected chi connectivity index (χ2v) is 4.59. The lowest BCUT2D eigenvalue weighted by Crippen LogP contribution is -2.38. The van der Waals surface area contributed by atoms with E-state index in [1.54, 1.807) is 6.07 Å². The van der Waals surface area contributed by atoms with Crippen LogP contribution in [0.5, 0.6) is 0 Å². The summed E-state index contributed by atoms with van der Waals surface area (Å²) in [6.07, 6.45) is 0.467. The molecule has 1 amide bonds. The molecule has 0 aromatic heterocycles. The maximum atomic E-state index is 13.7. The van der Waals surface area contributed by atoms with Crippen molar-refractivity contribution >= 4 is 21.8 Å². The number of amides is 1. The Bertz CT molecular complexity index is 414. The van der Waals surface area contributed by atoms with E-state index in [1.807, 2.05) is 0 Å². The first-order valence-corrected chi connectivity index (χ1v) is 6.24. The fourth-order valence-electron chi connectivity index (χ4n) is 1.41. The summed E-state index contributed by atoms with van der Waals surface area (Å²) in [7, 11) is 1.53. The molecule has 18 heavy (non-hydrogen) atoms. The highest BCUT2D eigenvalue weighted by Crippen LogP contribution is 2.18. The molecule has 6 heteroatoms. The average Bonchev–Trinajstić information content (AvgIpc) is 2.37. The highest BCUT2D eigenvalue weighted by atomic mass is 79.9. The Morgan fingerprint density at radius 1 is 1.61 bits per heavy atom. The van der Waals surface area contributed by atoms with Gasteiger partial charge in [-0.1, -0.05) is 6.07 Å². The van der Waals surface area contributed by atoms with E-state index in [-0.39, 0.29) is 16.6 Å². The van der Waals surface area contributed by atoms with Crippen molar-refractivity contribution in [3.05, 3.63) is 34.1 Å². The van der Waals surface area contributed by atoms with Gasteiger partial charge in [-0.15, -0.1) is 0 Å². The van der Waals surface area contributed by atoms with E-state index in [4.69, 9.17) is 9.84 Å². The van der Waals surface area contributed by atoms with Gasteiger partial charge in [-0.2, -0.15) is 0 Å². The van der Waals surface area contributed by atoms with Crippen molar-refractivity contribution in [3.8, 4) is 0 Å². The zero-order valence-electron chi connectivity index (χ0n) is 9.95. The Balaban J connectivity index is 2.72. The van der Waals surface area contributed by atoms with Crippen LogP contribution in [0.1, 0.15) is 16.8 Å². The van der Waals surface area contributed by atoms with Crippen LogP contribution in [0.15, 0.2) is 22.7 Å². The van der Waals surface area contributed by atoms with Gasteiger partial charge < -0.3 is 15.2 Å². The molecule has 0 fully saturated rings. The van der Waals surface area contributed by atoms with Gasteiger partial charge >= 0.3 is 0 Å². The minimum Gasteiger partial charge on any atom is -0.394 e. The summed E-state index contributed by atoms with van der Waals surface area (Å²) >= 11 is 3.02. The quantitative estimate of drug-likeness (QED) is 0.839. The minimum absolute atomic E-state index is 0.0553. The maximum absolute atomic E-state index is 13.7. The predicted octanol–water partition coefficient (Wildman–Crippen LogP) is 1.72. The Hall–Kier alpha value is -0.980. The third kappa shape index (κ3) is 4.04. The Morgan fingerprint density at radius 3 is 2.94 bits per heavy atom. The van der Waals surface area contributed by atoms with Crippen LogP contribution in [0.4, 0.5) is 4.39 Å². The number of hydrogen-bond acceptors (Lipinski definition) is 3. The standard InChI is InChI=1S/C12H15BrFNO3/c1-18-6-5-8(7-16)15-12(17)9-3-2-4-10(13)11(9)14/h2-4,8,16H,5-7H2,1H3,(H,15,17). The summed E-state index contributed by atoms with van der Waals surface area (Å²) < 4.78 is 18.8. The molecule has 0 bridgehead atoms. The van der Waals surface area contributed by atoms with Crippen molar-refractivity contribution in [2.45, 2.75) is 12.5 Å². The number of benzene rings is 1. The molecule has 1 unspecified atom stereocenters. The summed E-state index contributed by atoms with van der Waals surface area (Å²) in [5, 5.41) is 11.7. The number of nitrogens with one attached hydrogen (secondary N) is 1. The van der Waals surface area contributed by atoms with Gasteiger partial charge in [0.1, 0.15) is 5.82 Å². The molecule has 4 nitrogen and oxygen atoms in total. The van der Waals surface area contributed by atoms with Crippen molar-refractivity contribution in [2.75, 3.05) is 20.3 Å². The molecule has 100 valence electrons. The van der Waals surface area contributed by atoms with Crippen molar-refractivity contribution in [2.24, 2.45) is 0 Å². The van der Waals surface area contributed by atoms with Gasteiger partial charge in [0.2, 0.25) is 0 Å². The van der Waals surface area contributed by atoms with Crippen LogP contribution in [-0.2, 0) is 4.74 Å². The van der Waals surface area contributed by atoms with Gasteiger partial charge in [0.15, 0.2) is 0 Å². The van der Waals surface area contributed by atoms with Crippen LogP contribution in [0.3, 0.4) is 0 Å². The number of ether oxygens (including phenoxy) is 1. The van der Waals surface area contributed by atoms with Gasteiger partial charge in [-0.3, -0.25) is 4.79 Å². The summed E-state index contributed by atoms with van der Waals surface area (Å²) in [6, 6.07) is 4.03. The average molecular weight is 320 g/mol. The number of carbonyl (C=O) groups excluding carboxylic acids is 1. The molecular formula is C12H15BrFNO3. The SMILES string of the molecule is COCCC(CO)NC(=O)c1cccc(Br)c1F. The molecule has 1 aromatic carbocycles. The predicted molar refractivity (Wildman–Crippen MR) is 68.9 cm³/mol. The van der Waals surface area contributed by atoms with Gasteiger partial charge in [0.25, 0.3) is 5.91 Å². The summed E-state index contributed by atoms with van der Waals surface area (Å²) in [5.74, 6) is -1.16. The molecule has 1 aromatic rings. The largest absolute Gasteiger partial charge is 0.394 e. The van der Waals surface area contributed by atoms with Crippen LogP contribution in [0.25, 0.3) is 0 Å². The lowest BCUT2D eigenvalue weighted by atomic mass is 10.1. The van der Waals surface area contributed by atoms with Crippen molar-refractivity contribution in [1.29, 1.82) is 0 Å². The molecule has 2 N–H and O–H groups in total. The third-order valence-electron chi connectivity index (χ3n) is 2.42. The molecule has 0 aliphatic heterocycles. The van der Waals surface area contributed by atoms with E-state index < -0.39 is 17.8 Å². The summed E-state index contributed by atoms with van der Waals surface area (Å²) in [5.41, 5.74) is -0.0553. The summed E-state index contributed by atoms with van der Waals surface area (Å²) in [6.45, 7) is 0.192. The molecule has 1 rings (SSSR count).